The molecule has 1 aromatic carbocycles. The number of nitrogens with one attached hydrogen (secondary N) is 1. The first kappa shape index (κ1) is 27.0. The number of likely N-dealkylation sites (tertiary alicyclic amines) is 1. The van der Waals surface area contributed by atoms with Crippen molar-refractivity contribution in [3.05, 3.63) is 61.1 Å². The molecular formula is C27H28FN10O4+. The Morgan fingerprint density at radius 2 is 2.02 bits per heavy atom. The molecule has 5 heterocycles. The summed E-state index contributed by atoms with van der Waals surface area (Å²) in [5.41, 5.74) is 7.53. The van der Waals surface area contributed by atoms with Gasteiger partial charge in [-0.3, -0.25) is 23.9 Å². The Morgan fingerprint density at radius 1 is 1.19 bits per heavy atom. The maximum atomic E-state index is 14.6. The van der Waals surface area contributed by atoms with Gasteiger partial charge < -0.3 is 16.0 Å². The lowest BCUT2D eigenvalue weighted by molar-refractivity contribution is -0.671. The molecule has 2 saturated heterocycles. The van der Waals surface area contributed by atoms with Gasteiger partial charge in [0.15, 0.2) is 11.9 Å². The van der Waals surface area contributed by atoms with E-state index in [0.29, 0.717) is 23.9 Å². The zero-order valence-electron chi connectivity index (χ0n) is 22.6. The van der Waals surface area contributed by atoms with Crippen LogP contribution in [0.5, 0.6) is 0 Å². The predicted molar refractivity (Wildman–Crippen MR) is 145 cm³/mol. The molecule has 4 aromatic rings. The Labute approximate surface area is 238 Å². The SMILES string of the molecule is C[n+]1ccn(N2CCC(NC(=O)[C@@H]3C[C@@H](F)CN3C(=O)Cn3nc(C(N)=O)c4cc(-c5ccnnc5)ccc43)C2=O)c1. The van der Waals surface area contributed by atoms with Gasteiger partial charge in [0.05, 0.1) is 38.0 Å². The van der Waals surface area contributed by atoms with Crippen molar-refractivity contribution in [3.63, 3.8) is 0 Å². The first-order chi connectivity index (χ1) is 20.2. The molecule has 0 radical (unpaired) electrons. The largest absolute Gasteiger partial charge is 0.364 e. The van der Waals surface area contributed by atoms with E-state index in [4.69, 9.17) is 5.73 Å². The van der Waals surface area contributed by atoms with Crippen LogP contribution < -0.4 is 20.6 Å². The van der Waals surface area contributed by atoms with Crippen LogP contribution in [0, 0.1) is 0 Å². The van der Waals surface area contributed by atoms with Crippen molar-refractivity contribution in [2.45, 2.75) is 37.6 Å². The van der Waals surface area contributed by atoms with E-state index in [-0.39, 0.29) is 31.1 Å². The number of fused-ring (bicyclic) bond motifs is 1. The number of primary amides is 1. The first-order valence-electron chi connectivity index (χ1n) is 13.4. The van der Waals surface area contributed by atoms with Crippen molar-refractivity contribution in [1.29, 1.82) is 0 Å². The summed E-state index contributed by atoms with van der Waals surface area (Å²) in [7, 11) is 1.83. The van der Waals surface area contributed by atoms with Gasteiger partial charge in [-0.2, -0.15) is 20.3 Å². The standard InChI is InChI=1S/C27H27FN10O4/c1-34-8-9-35(15-34)38-7-5-20(27(38)42)32-26(41)22-11-18(28)13-36(22)23(39)14-37-21-3-2-16(17-4-6-30-31-12-17)10-19(21)24(33-37)25(29)40/h2-4,6,8-10,12,15,18,20,22H,5,7,11,13-14H2,1H3,(H2-,29,32,40,41)/p+1/t18-,20?,22+/m1/s1. The smallest absolute Gasteiger partial charge is 0.280 e. The number of aromatic nitrogens is 6. The zero-order valence-corrected chi connectivity index (χ0v) is 22.6. The molecule has 2 aliphatic heterocycles. The summed E-state index contributed by atoms with van der Waals surface area (Å²) in [5, 5.41) is 16.6. The molecule has 0 saturated carbocycles. The summed E-state index contributed by atoms with van der Waals surface area (Å²) in [6, 6.07) is 5.08. The van der Waals surface area contributed by atoms with Crippen LogP contribution in [0.25, 0.3) is 22.0 Å². The number of nitrogens with two attached hydrogens (primary N) is 1. The van der Waals surface area contributed by atoms with E-state index in [1.165, 1.54) is 15.9 Å². The predicted octanol–water partition coefficient (Wildman–Crippen LogP) is -0.789. The van der Waals surface area contributed by atoms with Gasteiger partial charge in [0.25, 0.3) is 18.1 Å². The second kappa shape index (κ2) is 10.6. The number of rotatable bonds is 7. The minimum absolute atomic E-state index is 0.0265. The van der Waals surface area contributed by atoms with Gasteiger partial charge in [0, 0.05) is 17.4 Å². The average molecular weight is 576 g/mol. The highest BCUT2D eigenvalue weighted by Crippen LogP contribution is 2.27. The highest BCUT2D eigenvalue weighted by Gasteiger charge is 2.43. The third-order valence-corrected chi connectivity index (χ3v) is 7.59. The van der Waals surface area contributed by atoms with E-state index in [9.17, 15) is 23.6 Å². The van der Waals surface area contributed by atoms with Crippen LogP contribution in [0.2, 0.25) is 0 Å². The molecule has 3 aromatic heterocycles. The zero-order chi connectivity index (χ0) is 29.5. The molecule has 0 spiro atoms. The minimum Gasteiger partial charge on any atom is -0.364 e. The van der Waals surface area contributed by atoms with E-state index >= 15 is 0 Å². The summed E-state index contributed by atoms with van der Waals surface area (Å²) < 4.78 is 19.3. The van der Waals surface area contributed by atoms with Gasteiger partial charge in [-0.15, -0.1) is 4.68 Å². The third-order valence-electron chi connectivity index (χ3n) is 7.59. The van der Waals surface area contributed by atoms with Crippen LogP contribution >= 0.6 is 0 Å². The van der Waals surface area contributed by atoms with Crippen LogP contribution in [0.1, 0.15) is 23.3 Å². The van der Waals surface area contributed by atoms with Crippen molar-refractivity contribution < 1.29 is 28.1 Å². The second-order valence-corrected chi connectivity index (χ2v) is 10.4. The molecule has 1 unspecified atom stereocenters. The van der Waals surface area contributed by atoms with Crippen LogP contribution in [0.4, 0.5) is 4.39 Å². The van der Waals surface area contributed by atoms with Crippen molar-refractivity contribution in [2.24, 2.45) is 12.8 Å². The first-order valence-corrected chi connectivity index (χ1v) is 13.4. The Balaban J connectivity index is 1.19. The molecule has 14 nitrogen and oxygen atoms in total. The molecule has 15 heteroatoms. The van der Waals surface area contributed by atoms with E-state index in [2.05, 4.69) is 20.6 Å². The van der Waals surface area contributed by atoms with Crippen molar-refractivity contribution in [1.82, 2.24) is 34.9 Å². The van der Waals surface area contributed by atoms with E-state index in [1.54, 1.807) is 58.4 Å². The number of nitrogens with zero attached hydrogens (tertiary/aromatic N) is 8. The summed E-state index contributed by atoms with van der Waals surface area (Å²) in [5.74, 6) is -2.23. The summed E-state index contributed by atoms with van der Waals surface area (Å²) in [6.07, 6.45) is 7.13. The Morgan fingerprint density at radius 3 is 2.74 bits per heavy atom. The molecule has 42 heavy (non-hydrogen) atoms. The van der Waals surface area contributed by atoms with Gasteiger partial charge in [0.1, 0.15) is 31.0 Å². The molecule has 6 rings (SSSR count). The normalized spacial score (nSPS) is 20.4. The topological polar surface area (TPSA) is 165 Å². The van der Waals surface area contributed by atoms with E-state index in [1.807, 2.05) is 7.05 Å². The molecule has 0 aliphatic carbocycles. The molecule has 4 amide bonds. The number of hydrogen-bond acceptors (Lipinski definition) is 7. The minimum atomic E-state index is -1.41. The fourth-order valence-corrected chi connectivity index (χ4v) is 5.53. The monoisotopic (exact) mass is 575 g/mol. The number of aryl methyl sites for hydroxylation is 1. The van der Waals surface area contributed by atoms with Crippen LogP contribution in [0.15, 0.2) is 55.4 Å². The Kier molecular flexibility index (Phi) is 6.84. The lowest BCUT2D eigenvalue weighted by Crippen LogP contribution is -2.52. The summed E-state index contributed by atoms with van der Waals surface area (Å²) in [6.45, 7) is -0.231. The average Bonchev–Trinajstić information content (AvgIpc) is 3.75. The molecule has 2 fully saturated rings. The number of imidazole rings is 1. The molecule has 0 bridgehead atoms. The van der Waals surface area contributed by atoms with Gasteiger partial charge in [-0.05, 0) is 30.2 Å². The quantitative estimate of drug-likeness (QED) is 0.273. The molecule has 3 atom stereocenters. The fourth-order valence-electron chi connectivity index (χ4n) is 5.53. The molecular weight excluding hydrogens is 547 g/mol. The number of hydrogen-bond donors (Lipinski definition) is 2. The van der Waals surface area contributed by atoms with Gasteiger partial charge in [0.2, 0.25) is 11.8 Å². The second-order valence-electron chi connectivity index (χ2n) is 10.4. The maximum absolute atomic E-state index is 14.6. The number of benzene rings is 1. The van der Waals surface area contributed by atoms with Gasteiger partial charge in [-0.1, -0.05) is 6.07 Å². The van der Waals surface area contributed by atoms with Crippen molar-refractivity contribution in [2.75, 3.05) is 18.1 Å². The van der Waals surface area contributed by atoms with Crippen LogP contribution in [-0.4, -0.2) is 84.5 Å². The molecule has 216 valence electrons. The highest BCUT2D eigenvalue weighted by molar-refractivity contribution is 6.05. The lowest BCUT2D eigenvalue weighted by atomic mass is 10.0. The number of carbonyl (C=O) groups excluding carboxylic acids is 4. The van der Waals surface area contributed by atoms with E-state index < -0.39 is 36.0 Å². The van der Waals surface area contributed by atoms with Crippen LogP contribution in [0.3, 0.4) is 0 Å². The van der Waals surface area contributed by atoms with Gasteiger partial charge in [-0.25, -0.2) is 8.96 Å². The Hall–Kier alpha value is -5.21. The fraction of sp³-hybridized carbons (Fsp3) is 0.333. The van der Waals surface area contributed by atoms with Gasteiger partial charge >= 0.3 is 0 Å². The highest BCUT2D eigenvalue weighted by atomic mass is 19.1. The maximum Gasteiger partial charge on any atom is 0.280 e. The number of alkyl halides is 1. The summed E-state index contributed by atoms with van der Waals surface area (Å²) >= 11 is 0. The number of carbonyl (C=O) groups is 4. The van der Waals surface area contributed by atoms with Crippen LogP contribution in [-0.2, 0) is 28.0 Å². The number of amides is 4. The van der Waals surface area contributed by atoms with Crippen molar-refractivity contribution >= 4 is 34.5 Å². The lowest BCUT2D eigenvalue weighted by Gasteiger charge is -2.24. The third kappa shape index (κ3) is 4.93. The summed E-state index contributed by atoms with van der Waals surface area (Å²) in [4.78, 5) is 53.0. The molecule has 2 aliphatic rings. The van der Waals surface area contributed by atoms with Crippen molar-refractivity contribution in [3.8, 4) is 11.1 Å². The van der Waals surface area contributed by atoms with E-state index in [0.717, 1.165) is 16.0 Å². The Bertz CT molecular complexity index is 1700. The molecule has 3 N–H and O–H groups in total. The number of halogens is 1.